The highest BCUT2D eigenvalue weighted by Crippen LogP contribution is 2.27. The summed E-state index contributed by atoms with van der Waals surface area (Å²) in [5.74, 6) is 1.89. The Balaban J connectivity index is 1.69. The van der Waals surface area contributed by atoms with Crippen LogP contribution in [-0.4, -0.2) is 52.8 Å². The number of amides is 2. The zero-order chi connectivity index (χ0) is 15.9. The number of nitrogens with one attached hydrogen (secondary N) is 1. The Bertz CT molecular complexity index is 583. The van der Waals surface area contributed by atoms with Gasteiger partial charge < -0.3 is 14.6 Å². The largest absolute Gasteiger partial charge is 0.465 e. The maximum absolute atomic E-state index is 12.6. The first-order chi connectivity index (χ1) is 10.4. The van der Waals surface area contributed by atoms with Crippen LogP contribution in [0.4, 0.5) is 0 Å². The normalized spacial score (nSPS) is 28.8. The molecule has 0 radical (unpaired) electrons. The average molecular weight is 305 g/mol. The van der Waals surface area contributed by atoms with Crippen LogP contribution in [-0.2, 0) is 16.1 Å². The van der Waals surface area contributed by atoms with Gasteiger partial charge in [-0.15, -0.1) is 0 Å². The Morgan fingerprint density at radius 2 is 2.18 bits per heavy atom. The number of fused-ring (bicyclic) bond motifs is 1. The van der Waals surface area contributed by atoms with Gasteiger partial charge in [-0.1, -0.05) is 0 Å². The lowest BCUT2D eigenvalue weighted by atomic mass is 10.1. The second-order valence-electron chi connectivity index (χ2n) is 6.40. The fourth-order valence-corrected chi connectivity index (χ4v) is 3.55. The molecule has 6 nitrogen and oxygen atoms in total. The number of carbonyl (C=O) groups is 2. The molecule has 2 fully saturated rings. The number of aryl methyl sites for hydroxylation is 1. The van der Waals surface area contributed by atoms with E-state index in [0.29, 0.717) is 13.1 Å². The third kappa shape index (κ3) is 2.88. The zero-order valence-electron chi connectivity index (χ0n) is 13.3. The second kappa shape index (κ2) is 5.76. The molecule has 0 unspecified atom stereocenters. The molecule has 0 bridgehead atoms. The molecule has 2 saturated heterocycles. The molecule has 22 heavy (non-hydrogen) atoms. The fourth-order valence-electron chi connectivity index (χ4n) is 3.55. The van der Waals surface area contributed by atoms with E-state index >= 15 is 0 Å². The SMILES string of the molecule is CC(=O)N[C@H]1C[C@H]2CN(Cc3ccc(C)o3)[C@@H](C)C(=O)N2C1. The third-order valence-corrected chi connectivity index (χ3v) is 4.61. The Morgan fingerprint density at radius 3 is 2.82 bits per heavy atom. The summed E-state index contributed by atoms with van der Waals surface area (Å²) >= 11 is 0. The number of piperazine rings is 1. The van der Waals surface area contributed by atoms with Crippen molar-refractivity contribution in [3.05, 3.63) is 23.7 Å². The van der Waals surface area contributed by atoms with Gasteiger partial charge in [0, 0.05) is 32.1 Å². The van der Waals surface area contributed by atoms with E-state index in [1.807, 2.05) is 30.9 Å². The van der Waals surface area contributed by atoms with E-state index in [0.717, 1.165) is 24.5 Å². The lowest BCUT2D eigenvalue weighted by Gasteiger charge is -2.41. The molecule has 0 aliphatic carbocycles. The number of hydrogen-bond donors (Lipinski definition) is 1. The van der Waals surface area contributed by atoms with Crippen LogP contribution >= 0.6 is 0 Å². The smallest absolute Gasteiger partial charge is 0.240 e. The van der Waals surface area contributed by atoms with Crippen LogP contribution in [0.3, 0.4) is 0 Å². The van der Waals surface area contributed by atoms with E-state index < -0.39 is 0 Å². The second-order valence-corrected chi connectivity index (χ2v) is 6.40. The summed E-state index contributed by atoms with van der Waals surface area (Å²) in [6, 6.07) is 4.01. The summed E-state index contributed by atoms with van der Waals surface area (Å²) in [6.45, 7) is 7.48. The quantitative estimate of drug-likeness (QED) is 0.901. The predicted octanol–water partition coefficient (Wildman–Crippen LogP) is 0.898. The summed E-state index contributed by atoms with van der Waals surface area (Å²) in [5.41, 5.74) is 0. The molecule has 3 atom stereocenters. The lowest BCUT2D eigenvalue weighted by molar-refractivity contribution is -0.143. The molecule has 0 aromatic carbocycles. The van der Waals surface area contributed by atoms with Gasteiger partial charge in [-0.05, 0) is 32.4 Å². The molecular weight excluding hydrogens is 282 g/mol. The predicted molar refractivity (Wildman–Crippen MR) is 81.0 cm³/mol. The van der Waals surface area contributed by atoms with Gasteiger partial charge in [-0.25, -0.2) is 0 Å². The Kier molecular flexibility index (Phi) is 3.95. The fraction of sp³-hybridized carbons (Fsp3) is 0.625. The average Bonchev–Trinajstić information content (AvgIpc) is 3.01. The monoisotopic (exact) mass is 305 g/mol. The number of furan rings is 1. The number of nitrogens with zero attached hydrogens (tertiary/aromatic N) is 2. The topological polar surface area (TPSA) is 65.8 Å². The van der Waals surface area contributed by atoms with Crippen molar-refractivity contribution in [2.24, 2.45) is 0 Å². The van der Waals surface area contributed by atoms with Crippen molar-refractivity contribution >= 4 is 11.8 Å². The van der Waals surface area contributed by atoms with E-state index in [9.17, 15) is 9.59 Å². The first-order valence-electron chi connectivity index (χ1n) is 7.81. The van der Waals surface area contributed by atoms with Gasteiger partial charge >= 0.3 is 0 Å². The van der Waals surface area contributed by atoms with Gasteiger partial charge in [0.1, 0.15) is 11.5 Å². The van der Waals surface area contributed by atoms with E-state index in [1.54, 1.807) is 0 Å². The van der Waals surface area contributed by atoms with Gasteiger partial charge in [-0.3, -0.25) is 14.5 Å². The summed E-state index contributed by atoms with van der Waals surface area (Å²) in [5, 5.41) is 2.93. The highest BCUT2D eigenvalue weighted by Gasteiger charge is 2.43. The van der Waals surface area contributed by atoms with Crippen LogP contribution in [0.5, 0.6) is 0 Å². The molecule has 0 spiro atoms. The van der Waals surface area contributed by atoms with Crippen molar-refractivity contribution in [3.63, 3.8) is 0 Å². The third-order valence-electron chi connectivity index (χ3n) is 4.61. The van der Waals surface area contributed by atoms with Crippen LogP contribution in [0.1, 0.15) is 31.8 Å². The molecule has 1 aromatic heterocycles. The van der Waals surface area contributed by atoms with E-state index in [4.69, 9.17) is 4.42 Å². The molecule has 2 amide bonds. The molecule has 2 aliphatic rings. The van der Waals surface area contributed by atoms with Crippen molar-refractivity contribution < 1.29 is 14.0 Å². The minimum atomic E-state index is -0.155. The van der Waals surface area contributed by atoms with E-state index in [-0.39, 0.29) is 29.9 Å². The Hall–Kier alpha value is -1.82. The van der Waals surface area contributed by atoms with Crippen molar-refractivity contribution in [1.82, 2.24) is 15.1 Å². The molecule has 120 valence electrons. The Morgan fingerprint density at radius 1 is 1.41 bits per heavy atom. The highest BCUT2D eigenvalue weighted by atomic mass is 16.3. The first-order valence-corrected chi connectivity index (χ1v) is 7.81. The van der Waals surface area contributed by atoms with Crippen molar-refractivity contribution in [1.29, 1.82) is 0 Å². The molecular formula is C16H23N3O3. The van der Waals surface area contributed by atoms with Crippen LogP contribution in [0.15, 0.2) is 16.5 Å². The van der Waals surface area contributed by atoms with Gasteiger partial charge in [-0.2, -0.15) is 0 Å². The standard InChI is InChI=1S/C16H23N3O3/c1-10-4-5-15(22-10)9-18-8-14-6-13(17-12(3)20)7-19(14)16(21)11(18)2/h4-5,11,13-14H,6-9H2,1-3H3,(H,17,20)/t11-,13-,14-/m0/s1. The van der Waals surface area contributed by atoms with Crippen molar-refractivity contribution in [2.75, 3.05) is 13.1 Å². The maximum atomic E-state index is 12.6. The minimum Gasteiger partial charge on any atom is -0.465 e. The number of rotatable bonds is 3. The molecule has 2 aliphatic heterocycles. The summed E-state index contributed by atoms with van der Waals surface area (Å²) in [6.07, 6.45) is 0.825. The van der Waals surface area contributed by atoms with Crippen LogP contribution in [0.2, 0.25) is 0 Å². The molecule has 3 rings (SSSR count). The molecule has 1 N–H and O–H groups in total. The van der Waals surface area contributed by atoms with Crippen molar-refractivity contribution in [3.8, 4) is 0 Å². The molecule has 0 saturated carbocycles. The maximum Gasteiger partial charge on any atom is 0.240 e. The van der Waals surface area contributed by atoms with Gasteiger partial charge in [0.15, 0.2) is 0 Å². The summed E-state index contributed by atoms with van der Waals surface area (Å²) in [4.78, 5) is 27.9. The van der Waals surface area contributed by atoms with Crippen LogP contribution < -0.4 is 5.32 Å². The van der Waals surface area contributed by atoms with E-state index in [2.05, 4.69) is 10.2 Å². The van der Waals surface area contributed by atoms with Gasteiger partial charge in [0.2, 0.25) is 11.8 Å². The zero-order valence-corrected chi connectivity index (χ0v) is 13.3. The van der Waals surface area contributed by atoms with Crippen LogP contribution in [0.25, 0.3) is 0 Å². The van der Waals surface area contributed by atoms with Gasteiger partial charge in [0.05, 0.1) is 12.6 Å². The minimum absolute atomic E-state index is 0.0340. The van der Waals surface area contributed by atoms with Crippen molar-refractivity contribution in [2.45, 2.75) is 51.9 Å². The summed E-state index contributed by atoms with van der Waals surface area (Å²) in [7, 11) is 0. The molecule has 6 heteroatoms. The van der Waals surface area contributed by atoms with E-state index in [1.165, 1.54) is 6.92 Å². The lowest BCUT2D eigenvalue weighted by Crippen LogP contribution is -2.58. The first kappa shape index (κ1) is 15.1. The molecule has 1 aromatic rings. The van der Waals surface area contributed by atoms with Crippen LogP contribution in [0, 0.1) is 6.92 Å². The van der Waals surface area contributed by atoms with Gasteiger partial charge in [0.25, 0.3) is 0 Å². The highest BCUT2D eigenvalue weighted by molar-refractivity contribution is 5.83. The Labute approximate surface area is 130 Å². The number of carbonyl (C=O) groups excluding carboxylic acids is 2. The summed E-state index contributed by atoms with van der Waals surface area (Å²) < 4.78 is 5.63. The molecule has 3 heterocycles. The number of hydrogen-bond acceptors (Lipinski definition) is 4.